The minimum Gasteiger partial charge on any atom is -0.488 e. The number of ether oxygens (including phenoxy) is 2. The summed E-state index contributed by atoms with van der Waals surface area (Å²) in [5, 5.41) is 27.2. The Morgan fingerprint density at radius 2 is 1.63 bits per heavy atom. The van der Waals surface area contributed by atoms with Crippen molar-refractivity contribution in [2.24, 2.45) is 5.41 Å². The van der Waals surface area contributed by atoms with Gasteiger partial charge in [0, 0.05) is 12.7 Å². The molecule has 1 aliphatic heterocycles. The van der Waals surface area contributed by atoms with Crippen LogP contribution in [0.2, 0.25) is 0 Å². The molecule has 13 nitrogen and oxygen atoms in total. The van der Waals surface area contributed by atoms with Crippen molar-refractivity contribution in [1.29, 1.82) is 0 Å². The molecule has 2 atom stereocenters. The van der Waals surface area contributed by atoms with Gasteiger partial charge in [0.15, 0.2) is 0 Å². The Labute approximate surface area is 297 Å². The number of carboxylic acid groups (broad SMARTS) is 1. The van der Waals surface area contributed by atoms with Crippen LogP contribution in [0.1, 0.15) is 73.0 Å². The molecule has 0 bridgehead atoms. The van der Waals surface area contributed by atoms with Crippen molar-refractivity contribution >= 4 is 16.0 Å². The van der Waals surface area contributed by atoms with E-state index in [0.717, 1.165) is 34.4 Å². The Balaban J connectivity index is 1.19. The van der Waals surface area contributed by atoms with Gasteiger partial charge in [-0.05, 0) is 74.1 Å². The molecule has 0 radical (unpaired) electrons. The molecule has 1 N–H and O–H groups in total. The molecule has 0 fully saturated rings. The van der Waals surface area contributed by atoms with Crippen molar-refractivity contribution in [3.63, 3.8) is 0 Å². The number of aryl methyl sites for hydroxylation is 2. The Kier molecular flexibility index (Phi) is 10.4. The van der Waals surface area contributed by atoms with Crippen LogP contribution in [0.5, 0.6) is 5.75 Å². The van der Waals surface area contributed by atoms with Gasteiger partial charge < -0.3 is 14.6 Å². The fourth-order valence-corrected chi connectivity index (χ4v) is 7.78. The van der Waals surface area contributed by atoms with Crippen molar-refractivity contribution in [3.05, 3.63) is 118 Å². The first-order valence-electron chi connectivity index (χ1n) is 16.9. The molecule has 14 heteroatoms. The van der Waals surface area contributed by atoms with Crippen LogP contribution in [-0.4, -0.2) is 66.4 Å². The van der Waals surface area contributed by atoms with E-state index in [1.54, 1.807) is 49.0 Å². The molecular weight excluding hydrogens is 671 g/mol. The molecule has 3 heterocycles. The zero-order chi connectivity index (χ0) is 36.3. The Morgan fingerprint density at radius 1 is 0.961 bits per heavy atom. The summed E-state index contributed by atoms with van der Waals surface area (Å²) in [6.07, 6.45) is 3.30. The monoisotopic (exact) mass is 713 g/mol. The first kappa shape index (κ1) is 35.9. The van der Waals surface area contributed by atoms with Gasteiger partial charge in [-0.15, -0.1) is 10.2 Å². The number of hydrogen-bond donors (Lipinski definition) is 1. The number of sulfonamides is 1. The highest BCUT2D eigenvalue weighted by Crippen LogP contribution is 2.39. The van der Waals surface area contributed by atoms with Crippen LogP contribution in [0.4, 0.5) is 0 Å². The normalized spacial score (nSPS) is 16.6. The summed E-state index contributed by atoms with van der Waals surface area (Å²) in [5.74, 6) is -0.707. The van der Waals surface area contributed by atoms with Crippen molar-refractivity contribution in [2.75, 3.05) is 6.54 Å². The highest BCUT2D eigenvalue weighted by molar-refractivity contribution is 7.89. The first-order valence-corrected chi connectivity index (χ1v) is 18.3. The number of nitrogens with zero attached hydrogens (tertiary/aromatic N) is 7. The molecule has 6 rings (SSSR count). The lowest BCUT2D eigenvalue weighted by molar-refractivity contribution is -0.158. The summed E-state index contributed by atoms with van der Waals surface area (Å²) in [5.41, 5.74) is 4.49. The fourth-order valence-electron chi connectivity index (χ4n) is 6.17. The quantitative estimate of drug-likeness (QED) is 0.173. The van der Waals surface area contributed by atoms with Crippen molar-refractivity contribution in [3.8, 4) is 5.75 Å². The van der Waals surface area contributed by atoms with Crippen LogP contribution in [0.3, 0.4) is 0 Å². The van der Waals surface area contributed by atoms with Gasteiger partial charge in [-0.1, -0.05) is 71.9 Å². The average Bonchev–Trinajstić information content (AvgIpc) is 3.73. The molecule has 5 aromatic rings. The minimum absolute atomic E-state index is 0.0167. The van der Waals surface area contributed by atoms with Gasteiger partial charge in [0.25, 0.3) is 0 Å². The third-order valence-electron chi connectivity index (χ3n) is 9.10. The van der Waals surface area contributed by atoms with E-state index in [1.807, 2.05) is 68.0 Å². The van der Waals surface area contributed by atoms with Crippen LogP contribution >= 0.6 is 0 Å². The van der Waals surface area contributed by atoms with Gasteiger partial charge in [0.2, 0.25) is 10.0 Å². The Morgan fingerprint density at radius 3 is 2.29 bits per heavy atom. The summed E-state index contributed by atoms with van der Waals surface area (Å²) in [6, 6.07) is 20.3. The maximum atomic E-state index is 13.8. The van der Waals surface area contributed by atoms with Crippen molar-refractivity contribution < 1.29 is 27.8 Å². The van der Waals surface area contributed by atoms with E-state index in [4.69, 9.17) is 9.47 Å². The van der Waals surface area contributed by atoms with Gasteiger partial charge in [0.1, 0.15) is 22.4 Å². The zero-order valence-corrected chi connectivity index (χ0v) is 30.2. The first-order chi connectivity index (χ1) is 24.3. The van der Waals surface area contributed by atoms with E-state index in [0.29, 0.717) is 30.1 Å². The number of benzene rings is 3. The summed E-state index contributed by atoms with van der Waals surface area (Å²) < 4.78 is 44.7. The topological polar surface area (TPSA) is 155 Å². The van der Waals surface area contributed by atoms with Gasteiger partial charge in [-0.2, -0.15) is 4.31 Å². The minimum atomic E-state index is -3.87. The van der Waals surface area contributed by atoms with Crippen LogP contribution in [0.25, 0.3) is 0 Å². The number of aliphatic carboxylic acids is 1. The van der Waals surface area contributed by atoms with E-state index >= 15 is 0 Å². The second-order valence-electron chi connectivity index (χ2n) is 13.6. The molecule has 0 amide bonds. The van der Waals surface area contributed by atoms with Gasteiger partial charge in [-0.25, -0.2) is 17.8 Å². The molecule has 0 aliphatic carbocycles. The molecular formula is C37H43N7O6S. The van der Waals surface area contributed by atoms with E-state index < -0.39 is 27.5 Å². The number of hydrogen-bond acceptors (Lipinski definition) is 9. The summed E-state index contributed by atoms with van der Waals surface area (Å²) >= 11 is 0. The highest BCUT2D eigenvalue weighted by atomic mass is 32.2. The van der Waals surface area contributed by atoms with Gasteiger partial charge in [-0.3, -0.25) is 4.79 Å². The van der Waals surface area contributed by atoms with Crippen molar-refractivity contribution in [1.82, 2.24) is 34.3 Å². The molecule has 2 aromatic heterocycles. The van der Waals surface area contributed by atoms with Crippen LogP contribution < -0.4 is 4.74 Å². The van der Waals surface area contributed by atoms with E-state index in [2.05, 4.69) is 26.7 Å². The summed E-state index contributed by atoms with van der Waals surface area (Å²) in [7, 11) is -3.87. The van der Waals surface area contributed by atoms with Gasteiger partial charge >= 0.3 is 5.97 Å². The highest BCUT2D eigenvalue weighted by Gasteiger charge is 2.40. The van der Waals surface area contributed by atoms with E-state index in [9.17, 15) is 18.3 Å². The molecule has 3 aromatic carbocycles. The molecule has 51 heavy (non-hydrogen) atoms. The molecule has 1 unspecified atom stereocenters. The number of aromatic nitrogens is 6. The number of rotatable bonds is 13. The van der Waals surface area contributed by atoms with Crippen LogP contribution in [0, 0.1) is 12.3 Å². The summed E-state index contributed by atoms with van der Waals surface area (Å²) in [4.78, 5) is 12.7. The largest absolute Gasteiger partial charge is 0.488 e. The molecule has 1 aliphatic rings. The second kappa shape index (κ2) is 14.7. The predicted molar refractivity (Wildman–Crippen MR) is 188 cm³/mol. The number of fused-ring (bicyclic) bond motifs is 1. The van der Waals surface area contributed by atoms with Crippen LogP contribution in [-0.2, 0) is 52.2 Å². The second-order valence-corrected chi connectivity index (χ2v) is 15.5. The third-order valence-corrected chi connectivity index (χ3v) is 10.9. The number of carbonyl (C=O) groups is 1. The smallest absolute Gasteiger partial charge is 0.312 e. The number of carboxylic acids is 1. The lowest BCUT2D eigenvalue weighted by Crippen LogP contribution is -2.36. The maximum Gasteiger partial charge on any atom is 0.312 e. The number of para-hydroxylation sites is 1. The SMILES string of the molecule is CCc1cn(Cc2cccc(Cn3cc(COC(c4ccc(C)c(CN5C[C@@H](C)Oc6ccccc6S5(=O)=O)c4)C(C)(C)C(=O)O)nn3)c2)nn1. The predicted octanol–water partition coefficient (Wildman–Crippen LogP) is 5.18. The van der Waals surface area contributed by atoms with E-state index in [1.165, 1.54) is 4.31 Å². The average molecular weight is 714 g/mol. The van der Waals surface area contributed by atoms with E-state index in [-0.39, 0.29) is 30.7 Å². The Hall–Kier alpha value is -4.92. The fraction of sp³-hybridized carbons (Fsp3) is 0.378. The molecule has 0 saturated carbocycles. The third kappa shape index (κ3) is 8.03. The van der Waals surface area contributed by atoms with Gasteiger partial charge in [0.05, 0.1) is 49.7 Å². The molecule has 0 saturated heterocycles. The molecule has 268 valence electrons. The van der Waals surface area contributed by atoms with Crippen LogP contribution in [0.15, 0.2) is 84.0 Å². The lowest BCUT2D eigenvalue weighted by atomic mass is 9.81. The Bertz CT molecular complexity index is 2130. The molecule has 0 spiro atoms. The summed E-state index contributed by atoms with van der Waals surface area (Å²) in [6.45, 7) is 10.4. The van der Waals surface area contributed by atoms with Crippen molar-refractivity contribution in [2.45, 2.75) is 84.4 Å². The standard InChI is InChI=1S/C37H43N7O6S/c1-6-31-22-42(40-38-31)19-27-10-9-11-28(16-27)20-43-23-32(39-41-43)24-49-35(37(4,5)36(45)46)29-15-14-25(2)30(17-29)21-44-18-26(3)50-33-12-7-8-13-34(33)51(44,47)48/h7-17,22-23,26,35H,6,18-21,24H2,1-5H3,(H,45,46)/t26-,35?/m1/s1. The zero-order valence-electron chi connectivity index (χ0n) is 29.4. The lowest BCUT2D eigenvalue weighted by Gasteiger charge is -2.31. The maximum absolute atomic E-state index is 13.8.